The number of carbonyl (C=O) groups excluding carboxylic acids is 1. The lowest BCUT2D eigenvalue weighted by Gasteiger charge is -2.38. The number of benzene rings is 1. The van der Waals surface area contributed by atoms with Crippen LogP contribution < -0.4 is 10.1 Å². The minimum atomic E-state index is -0.253. The Morgan fingerprint density at radius 1 is 1.28 bits per heavy atom. The third kappa shape index (κ3) is 3.06. The Hall–Kier alpha value is -1.52. The molecule has 4 nitrogen and oxygen atoms in total. The molecular weight excluding hydrogens is 338 g/mol. The van der Waals surface area contributed by atoms with E-state index in [1.165, 1.54) is 0 Å². The number of halogens is 1. The first-order valence-electron chi connectivity index (χ1n) is 8.89. The van der Waals surface area contributed by atoms with Crippen molar-refractivity contribution < 1.29 is 14.3 Å². The van der Waals surface area contributed by atoms with Gasteiger partial charge in [0.25, 0.3) is 5.91 Å². The molecular formula is C20H26ClNO3. The molecule has 1 fully saturated rings. The van der Waals surface area contributed by atoms with Crippen LogP contribution in [0.2, 0.25) is 5.02 Å². The molecule has 1 spiro atoms. The second kappa shape index (κ2) is 7.00. The van der Waals surface area contributed by atoms with Crippen LogP contribution in [0.3, 0.4) is 0 Å². The van der Waals surface area contributed by atoms with Gasteiger partial charge in [0.1, 0.15) is 5.75 Å². The van der Waals surface area contributed by atoms with Crippen molar-refractivity contribution in [2.75, 3.05) is 14.2 Å². The van der Waals surface area contributed by atoms with Crippen LogP contribution in [0, 0.1) is 0 Å². The lowest BCUT2D eigenvalue weighted by Crippen LogP contribution is -2.47. The summed E-state index contributed by atoms with van der Waals surface area (Å²) in [5.74, 6) is 0.653. The predicted molar refractivity (Wildman–Crippen MR) is 100 cm³/mol. The van der Waals surface area contributed by atoms with Crippen molar-refractivity contribution in [2.24, 2.45) is 0 Å². The molecule has 1 aliphatic carbocycles. The number of nitrogens with one attached hydrogen (secondary N) is 1. The minimum absolute atomic E-state index is 0.0105. The van der Waals surface area contributed by atoms with Crippen molar-refractivity contribution in [1.29, 1.82) is 0 Å². The van der Waals surface area contributed by atoms with Crippen LogP contribution >= 0.6 is 11.6 Å². The fourth-order valence-electron chi connectivity index (χ4n) is 4.26. The van der Waals surface area contributed by atoms with Gasteiger partial charge in [-0.3, -0.25) is 4.79 Å². The van der Waals surface area contributed by atoms with Gasteiger partial charge in [0, 0.05) is 17.7 Å². The summed E-state index contributed by atoms with van der Waals surface area (Å²) in [6.07, 6.45) is 4.80. The Labute approximate surface area is 154 Å². The molecule has 2 aliphatic rings. The van der Waals surface area contributed by atoms with Gasteiger partial charge in [0.05, 0.1) is 24.3 Å². The summed E-state index contributed by atoms with van der Waals surface area (Å²) in [5.41, 5.74) is 3.53. The minimum Gasteiger partial charge on any atom is -0.496 e. The van der Waals surface area contributed by atoms with Crippen molar-refractivity contribution in [1.82, 2.24) is 5.32 Å². The van der Waals surface area contributed by atoms with Crippen LogP contribution in [0.25, 0.3) is 5.57 Å². The summed E-state index contributed by atoms with van der Waals surface area (Å²) in [6, 6.07) is 3.72. The molecule has 3 rings (SSSR count). The number of ether oxygens (including phenoxy) is 2. The highest BCUT2D eigenvalue weighted by Crippen LogP contribution is 2.45. The van der Waals surface area contributed by atoms with Gasteiger partial charge in [-0.05, 0) is 62.3 Å². The van der Waals surface area contributed by atoms with Crippen LogP contribution in [0.15, 0.2) is 17.7 Å². The lowest BCUT2D eigenvalue weighted by molar-refractivity contribution is -0.116. The predicted octanol–water partition coefficient (Wildman–Crippen LogP) is 4.14. The molecule has 1 saturated carbocycles. The zero-order chi connectivity index (χ0) is 18.2. The maximum Gasteiger partial charge on any atom is 0.252 e. The number of hydrogen-bond donors (Lipinski definition) is 1. The van der Waals surface area contributed by atoms with Crippen molar-refractivity contribution >= 4 is 23.1 Å². The van der Waals surface area contributed by atoms with Crippen LogP contribution in [-0.4, -0.2) is 31.8 Å². The summed E-state index contributed by atoms with van der Waals surface area (Å²) in [5, 5.41) is 3.90. The molecule has 0 atom stereocenters. The van der Waals surface area contributed by atoms with E-state index in [4.69, 9.17) is 21.1 Å². The number of amides is 1. The second-order valence-corrected chi connectivity index (χ2v) is 7.40. The molecule has 1 N–H and O–H groups in total. The zero-order valence-electron chi connectivity index (χ0n) is 15.4. The number of methoxy groups -OCH3 is 2. The molecule has 1 aliphatic heterocycles. The summed E-state index contributed by atoms with van der Waals surface area (Å²) < 4.78 is 11.1. The van der Waals surface area contributed by atoms with E-state index in [1.54, 1.807) is 20.3 Å². The number of aryl methyl sites for hydroxylation is 1. The number of rotatable bonds is 4. The molecule has 1 amide bonds. The standard InChI is InChI=1S/C20H26ClNO3/c1-5-13-10-14(21)11-16(25-4)18(13)17-12(2)20(22-19(17)23)8-6-15(24-3)7-9-20/h10-11,15H,5-9H2,1-4H3,(H,22,23). The Morgan fingerprint density at radius 3 is 2.52 bits per heavy atom. The third-order valence-corrected chi connectivity index (χ3v) is 6.01. The SMILES string of the molecule is CCc1cc(Cl)cc(OC)c1C1=C(C)C2(CCC(OC)CC2)NC1=O. The highest BCUT2D eigenvalue weighted by Gasteiger charge is 2.46. The Kier molecular flexibility index (Phi) is 5.12. The van der Waals surface area contributed by atoms with Gasteiger partial charge in [-0.25, -0.2) is 0 Å². The van der Waals surface area contributed by atoms with Gasteiger partial charge in [0.2, 0.25) is 0 Å². The maximum atomic E-state index is 12.9. The van der Waals surface area contributed by atoms with Gasteiger partial charge < -0.3 is 14.8 Å². The zero-order valence-corrected chi connectivity index (χ0v) is 16.1. The third-order valence-electron chi connectivity index (χ3n) is 5.79. The van der Waals surface area contributed by atoms with Crippen LogP contribution in [0.4, 0.5) is 0 Å². The first-order chi connectivity index (χ1) is 12.0. The molecule has 0 unspecified atom stereocenters. The van der Waals surface area contributed by atoms with E-state index in [1.807, 2.05) is 6.07 Å². The van der Waals surface area contributed by atoms with E-state index in [0.717, 1.165) is 54.4 Å². The molecule has 5 heteroatoms. The molecule has 25 heavy (non-hydrogen) atoms. The number of hydrogen-bond acceptors (Lipinski definition) is 3. The lowest BCUT2D eigenvalue weighted by atomic mass is 9.75. The molecule has 1 aromatic rings. The smallest absolute Gasteiger partial charge is 0.252 e. The quantitative estimate of drug-likeness (QED) is 0.874. The van der Waals surface area contributed by atoms with E-state index in [0.29, 0.717) is 10.8 Å². The molecule has 0 bridgehead atoms. The molecule has 1 aromatic carbocycles. The maximum absolute atomic E-state index is 12.9. The van der Waals surface area contributed by atoms with Gasteiger partial charge in [-0.15, -0.1) is 0 Å². The van der Waals surface area contributed by atoms with Gasteiger partial charge in [-0.2, -0.15) is 0 Å². The highest BCUT2D eigenvalue weighted by molar-refractivity contribution is 6.31. The summed E-state index contributed by atoms with van der Waals surface area (Å²) in [6.45, 7) is 4.14. The van der Waals surface area contributed by atoms with Crippen molar-refractivity contribution in [3.8, 4) is 5.75 Å². The van der Waals surface area contributed by atoms with Crippen molar-refractivity contribution in [3.63, 3.8) is 0 Å². The van der Waals surface area contributed by atoms with E-state index in [9.17, 15) is 4.79 Å². The Balaban J connectivity index is 2.09. The van der Waals surface area contributed by atoms with Gasteiger partial charge >= 0.3 is 0 Å². The average molecular weight is 364 g/mol. The summed E-state index contributed by atoms with van der Waals surface area (Å²) in [4.78, 5) is 12.9. The first kappa shape index (κ1) is 18.3. The monoisotopic (exact) mass is 363 g/mol. The topological polar surface area (TPSA) is 47.6 Å². The molecule has 0 saturated heterocycles. The fraction of sp³-hybridized carbons (Fsp3) is 0.550. The van der Waals surface area contributed by atoms with Gasteiger partial charge in [-0.1, -0.05) is 18.5 Å². The second-order valence-electron chi connectivity index (χ2n) is 6.97. The van der Waals surface area contributed by atoms with E-state index >= 15 is 0 Å². The van der Waals surface area contributed by atoms with Crippen LogP contribution in [-0.2, 0) is 16.0 Å². The van der Waals surface area contributed by atoms with Crippen molar-refractivity contribution in [3.05, 3.63) is 33.9 Å². The molecule has 136 valence electrons. The van der Waals surface area contributed by atoms with Crippen LogP contribution in [0.1, 0.15) is 50.7 Å². The molecule has 0 aromatic heterocycles. The average Bonchev–Trinajstić information content (AvgIpc) is 2.85. The normalized spacial score (nSPS) is 26.3. The van der Waals surface area contributed by atoms with E-state index < -0.39 is 0 Å². The summed E-state index contributed by atoms with van der Waals surface area (Å²) in [7, 11) is 3.38. The number of carbonyl (C=O) groups is 1. The first-order valence-corrected chi connectivity index (χ1v) is 9.27. The Bertz CT molecular complexity index is 693. The van der Waals surface area contributed by atoms with Crippen molar-refractivity contribution in [2.45, 2.75) is 57.6 Å². The van der Waals surface area contributed by atoms with E-state index in [-0.39, 0.29) is 17.6 Å². The van der Waals surface area contributed by atoms with Gasteiger partial charge in [0.15, 0.2) is 0 Å². The highest BCUT2D eigenvalue weighted by atomic mass is 35.5. The Morgan fingerprint density at radius 2 is 1.96 bits per heavy atom. The van der Waals surface area contributed by atoms with Crippen LogP contribution in [0.5, 0.6) is 5.75 Å². The largest absolute Gasteiger partial charge is 0.496 e. The molecule has 1 heterocycles. The summed E-state index contributed by atoms with van der Waals surface area (Å²) >= 11 is 6.22. The fourth-order valence-corrected chi connectivity index (χ4v) is 4.49. The van der Waals surface area contributed by atoms with E-state index in [2.05, 4.69) is 19.2 Å². The molecule has 0 radical (unpaired) electrons.